The summed E-state index contributed by atoms with van der Waals surface area (Å²) in [6.45, 7) is 7.51. The normalized spacial score (nSPS) is 11.8. The second kappa shape index (κ2) is 11.0. The van der Waals surface area contributed by atoms with Gasteiger partial charge in [-0.3, -0.25) is 4.79 Å². The first-order chi connectivity index (χ1) is 15.7. The first kappa shape index (κ1) is 25.0. The summed E-state index contributed by atoms with van der Waals surface area (Å²) in [5, 5.41) is 12.7. The van der Waals surface area contributed by atoms with Gasteiger partial charge in [-0.05, 0) is 51.5 Å². The molecule has 0 spiro atoms. The van der Waals surface area contributed by atoms with E-state index in [-0.39, 0.29) is 24.4 Å². The fourth-order valence-corrected chi connectivity index (χ4v) is 4.74. The third-order valence-electron chi connectivity index (χ3n) is 4.51. The Morgan fingerprint density at radius 3 is 2.76 bits per heavy atom. The molecule has 33 heavy (non-hydrogen) atoms. The van der Waals surface area contributed by atoms with Gasteiger partial charge in [0.15, 0.2) is 22.2 Å². The molecule has 1 amide bonds. The van der Waals surface area contributed by atoms with Crippen LogP contribution in [0.3, 0.4) is 0 Å². The van der Waals surface area contributed by atoms with Crippen molar-refractivity contribution >= 4 is 51.7 Å². The van der Waals surface area contributed by atoms with Crippen LogP contribution < -0.4 is 10.1 Å². The number of thiazole rings is 1. The van der Waals surface area contributed by atoms with Gasteiger partial charge in [0.1, 0.15) is 10.6 Å². The maximum atomic E-state index is 12.4. The number of halogens is 1. The van der Waals surface area contributed by atoms with Crippen LogP contribution in [0.2, 0.25) is 5.02 Å². The van der Waals surface area contributed by atoms with Crippen molar-refractivity contribution < 1.29 is 19.1 Å². The zero-order chi connectivity index (χ0) is 24.1. The molecule has 0 fully saturated rings. The fraction of sp³-hybridized carbons (Fsp3) is 0.381. The van der Waals surface area contributed by atoms with E-state index >= 15 is 0 Å². The Morgan fingerprint density at radius 1 is 1.30 bits per heavy atom. The van der Waals surface area contributed by atoms with Crippen LogP contribution >= 0.6 is 34.7 Å². The number of benzene rings is 1. The zero-order valence-corrected chi connectivity index (χ0v) is 21.2. The molecule has 2 aromatic heterocycles. The summed E-state index contributed by atoms with van der Waals surface area (Å²) in [7, 11) is 1.82. The Bertz CT molecular complexity index is 1160. The van der Waals surface area contributed by atoms with Crippen molar-refractivity contribution in [1.29, 1.82) is 0 Å². The number of thioether (sulfide) groups is 1. The molecule has 3 aromatic rings. The van der Waals surface area contributed by atoms with Crippen LogP contribution in [0.5, 0.6) is 5.75 Å². The van der Waals surface area contributed by atoms with Crippen molar-refractivity contribution in [2.75, 3.05) is 17.7 Å². The summed E-state index contributed by atoms with van der Waals surface area (Å²) in [6.07, 6.45) is -0.356. The van der Waals surface area contributed by atoms with E-state index < -0.39 is 5.97 Å². The smallest absolute Gasteiger partial charge is 0.350 e. The van der Waals surface area contributed by atoms with E-state index in [1.165, 1.54) is 11.8 Å². The van der Waals surface area contributed by atoms with E-state index in [4.69, 9.17) is 21.1 Å². The molecular formula is C21H24ClN5O4S2. The molecule has 0 aliphatic heterocycles. The maximum absolute atomic E-state index is 12.4. The minimum atomic E-state index is -0.445. The van der Waals surface area contributed by atoms with Crippen LogP contribution in [-0.4, -0.2) is 44.0 Å². The number of esters is 1. The molecule has 3 rings (SSSR count). The molecule has 0 radical (unpaired) electrons. The standard InChI is InChI=1S/C21H24ClN5O4S2/c1-6-30-19(29)17-12(3)23-20(33-17)24-16(28)10-32-21-26-25-18(27(21)5)13(4)31-15-8-7-14(22)9-11(15)2/h7-9,13H,6,10H2,1-5H3,(H,23,24,28). The molecule has 176 valence electrons. The summed E-state index contributed by atoms with van der Waals surface area (Å²) in [6, 6.07) is 5.42. The predicted molar refractivity (Wildman–Crippen MR) is 128 cm³/mol. The first-order valence-corrected chi connectivity index (χ1v) is 12.3. The van der Waals surface area contributed by atoms with E-state index in [0.29, 0.717) is 37.5 Å². The van der Waals surface area contributed by atoms with E-state index in [0.717, 1.165) is 16.9 Å². The summed E-state index contributed by atoms with van der Waals surface area (Å²) in [5.74, 6) is 0.727. The summed E-state index contributed by atoms with van der Waals surface area (Å²) >= 11 is 8.33. The minimum absolute atomic E-state index is 0.102. The van der Waals surface area contributed by atoms with Crippen molar-refractivity contribution in [3.63, 3.8) is 0 Å². The van der Waals surface area contributed by atoms with Crippen LogP contribution in [0.15, 0.2) is 23.4 Å². The molecule has 1 N–H and O–H groups in total. The number of nitrogens with zero attached hydrogens (tertiary/aromatic N) is 4. The SMILES string of the molecule is CCOC(=O)c1sc(NC(=O)CSc2nnc(C(C)Oc3ccc(Cl)cc3C)n2C)nc1C. The van der Waals surface area contributed by atoms with Crippen LogP contribution in [0.4, 0.5) is 5.13 Å². The lowest BCUT2D eigenvalue weighted by Crippen LogP contribution is -2.14. The number of nitrogens with one attached hydrogen (secondary N) is 1. The zero-order valence-electron chi connectivity index (χ0n) is 18.8. The third-order valence-corrected chi connectivity index (χ3v) is 6.82. The molecule has 0 saturated carbocycles. The van der Waals surface area contributed by atoms with Gasteiger partial charge in [0, 0.05) is 12.1 Å². The molecule has 2 heterocycles. The molecule has 12 heteroatoms. The van der Waals surface area contributed by atoms with Crippen molar-refractivity contribution in [3.8, 4) is 5.75 Å². The summed E-state index contributed by atoms with van der Waals surface area (Å²) in [4.78, 5) is 28.9. The van der Waals surface area contributed by atoms with Crippen LogP contribution in [0.1, 0.15) is 46.7 Å². The van der Waals surface area contributed by atoms with Gasteiger partial charge in [-0.1, -0.05) is 34.7 Å². The molecule has 0 bridgehead atoms. The number of rotatable bonds is 9. The van der Waals surface area contributed by atoms with Gasteiger partial charge in [-0.15, -0.1) is 10.2 Å². The summed E-state index contributed by atoms with van der Waals surface area (Å²) < 4.78 is 12.8. The van der Waals surface area contributed by atoms with E-state index in [1.54, 1.807) is 24.5 Å². The van der Waals surface area contributed by atoms with E-state index in [9.17, 15) is 9.59 Å². The first-order valence-electron chi connectivity index (χ1n) is 10.1. The van der Waals surface area contributed by atoms with Crippen molar-refractivity contribution in [1.82, 2.24) is 19.7 Å². The number of carbonyl (C=O) groups is 2. The van der Waals surface area contributed by atoms with E-state index in [2.05, 4.69) is 20.5 Å². The van der Waals surface area contributed by atoms with Gasteiger partial charge in [0.25, 0.3) is 0 Å². The second-order valence-corrected chi connectivity index (χ2v) is 9.44. The number of aryl methyl sites for hydroxylation is 2. The van der Waals surface area contributed by atoms with Crippen molar-refractivity contribution in [2.45, 2.75) is 39.0 Å². The van der Waals surface area contributed by atoms with Gasteiger partial charge >= 0.3 is 5.97 Å². The van der Waals surface area contributed by atoms with Crippen LogP contribution in [-0.2, 0) is 16.6 Å². The number of hydrogen-bond acceptors (Lipinski definition) is 9. The molecule has 0 saturated heterocycles. The molecule has 1 aromatic carbocycles. The number of hydrogen-bond donors (Lipinski definition) is 1. The van der Waals surface area contributed by atoms with Crippen molar-refractivity contribution in [2.24, 2.45) is 7.05 Å². The summed E-state index contributed by atoms with van der Waals surface area (Å²) in [5.41, 5.74) is 1.44. The topological polar surface area (TPSA) is 108 Å². The Morgan fingerprint density at radius 2 is 2.06 bits per heavy atom. The predicted octanol–water partition coefficient (Wildman–Crippen LogP) is 4.59. The highest BCUT2D eigenvalue weighted by Gasteiger charge is 2.20. The molecule has 1 atom stereocenters. The molecule has 0 aliphatic carbocycles. The third kappa shape index (κ3) is 6.24. The van der Waals surface area contributed by atoms with Crippen LogP contribution in [0.25, 0.3) is 0 Å². The molecule has 0 aliphatic rings. The Balaban J connectivity index is 1.58. The number of anilines is 1. The number of aromatic nitrogens is 4. The Labute approximate surface area is 204 Å². The highest BCUT2D eigenvalue weighted by Crippen LogP contribution is 2.28. The van der Waals surface area contributed by atoms with Gasteiger partial charge < -0.3 is 19.4 Å². The lowest BCUT2D eigenvalue weighted by atomic mass is 10.2. The largest absolute Gasteiger partial charge is 0.482 e. The van der Waals surface area contributed by atoms with Crippen molar-refractivity contribution in [3.05, 3.63) is 45.2 Å². The Hall–Kier alpha value is -2.63. The van der Waals surface area contributed by atoms with Crippen LogP contribution in [0, 0.1) is 13.8 Å². The van der Waals surface area contributed by atoms with Gasteiger partial charge in [0.2, 0.25) is 5.91 Å². The van der Waals surface area contributed by atoms with Gasteiger partial charge in [-0.25, -0.2) is 9.78 Å². The highest BCUT2D eigenvalue weighted by atomic mass is 35.5. The lowest BCUT2D eigenvalue weighted by Gasteiger charge is -2.16. The lowest BCUT2D eigenvalue weighted by molar-refractivity contribution is -0.113. The second-order valence-electron chi connectivity index (χ2n) is 7.06. The number of carbonyl (C=O) groups excluding carboxylic acids is 2. The average molecular weight is 510 g/mol. The van der Waals surface area contributed by atoms with Gasteiger partial charge in [-0.2, -0.15) is 0 Å². The quantitative estimate of drug-likeness (QED) is 0.329. The molecule has 1 unspecified atom stereocenters. The number of amides is 1. The van der Waals surface area contributed by atoms with E-state index in [1.807, 2.05) is 33.0 Å². The minimum Gasteiger partial charge on any atom is -0.482 e. The Kier molecular flexibility index (Phi) is 8.33. The molecule has 9 nitrogen and oxygen atoms in total. The average Bonchev–Trinajstić information content (AvgIpc) is 3.30. The maximum Gasteiger partial charge on any atom is 0.350 e. The monoisotopic (exact) mass is 509 g/mol. The molecular weight excluding hydrogens is 486 g/mol. The number of ether oxygens (including phenoxy) is 2. The highest BCUT2D eigenvalue weighted by molar-refractivity contribution is 7.99. The fourth-order valence-electron chi connectivity index (χ4n) is 2.92. The van der Waals surface area contributed by atoms with Gasteiger partial charge in [0.05, 0.1) is 18.1 Å².